The summed E-state index contributed by atoms with van der Waals surface area (Å²) in [6.07, 6.45) is 14.8. The minimum Gasteiger partial charge on any atom is -0.0864 e. The summed E-state index contributed by atoms with van der Waals surface area (Å²) >= 11 is 0. The van der Waals surface area contributed by atoms with Crippen LogP contribution in [0.4, 0.5) is 0 Å². The van der Waals surface area contributed by atoms with Crippen molar-refractivity contribution in [1.82, 2.24) is 0 Å². The fourth-order valence-electron chi connectivity index (χ4n) is 8.35. The van der Waals surface area contributed by atoms with Gasteiger partial charge in [0.25, 0.3) is 0 Å². The molecule has 0 bridgehead atoms. The molecule has 0 N–H and O–H groups in total. The van der Waals surface area contributed by atoms with Gasteiger partial charge in [-0.3, -0.25) is 0 Å². The number of rotatable bonds is 2. The van der Waals surface area contributed by atoms with E-state index in [2.05, 4.69) is 30.8 Å². The molecule has 1 unspecified atom stereocenters. The molecule has 4 fully saturated rings. The van der Waals surface area contributed by atoms with Gasteiger partial charge in [-0.15, -0.1) is 0 Å². The molecule has 0 aromatic heterocycles. The Balaban J connectivity index is 1.76. The van der Waals surface area contributed by atoms with Crippen LogP contribution in [0, 0.1) is 34.5 Å². The van der Waals surface area contributed by atoms with Crippen LogP contribution in [-0.4, -0.2) is 5.54 Å². The van der Waals surface area contributed by atoms with Gasteiger partial charge in [-0.25, -0.2) is 0 Å². The molecule has 24 heavy (non-hydrogen) atoms. The Kier molecular flexibility index (Phi) is 3.95. The number of hydrogen-bond donors (Lipinski definition) is 0. The minimum absolute atomic E-state index is 0.0865. The molecule has 4 aliphatic carbocycles. The molecule has 0 aromatic carbocycles. The summed E-state index contributed by atoms with van der Waals surface area (Å²) in [4.78, 5) is 3.45. The fraction of sp³-hybridized carbons (Fsp3) is 1.00. The van der Waals surface area contributed by atoms with Crippen LogP contribution < -0.4 is 0 Å². The number of nitrogens with zero attached hydrogens (tertiary/aromatic N) is 3. The second kappa shape index (κ2) is 5.66. The maximum atomic E-state index is 9.48. The van der Waals surface area contributed by atoms with Crippen molar-refractivity contribution in [2.75, 3.05) is 0 Å². The average molecular weight is 330 g/mol. The predicted molar refractivity (Wildman–Crippen MR) is 98.5 cm³/mol. The second-order valence-electron chi connectivity index (χ2n) is 9.95. The van der Waals surface area contributed by atoms with E-state index in [1.54, 1.807) is 0 Å². The smallest absolute Gasteiger partial charge is 0.0575 e. The van der Waals surface area contributed by atoms with Crippen molar-refractivity contribution < 1.29 is 0 Å². The maximum absolute atomic E-state index is 9.48. The Morgan fingerprint density at radius 2 is 1.79 bits per heavy atom. The summed E-state index contributed by atoms with van der Waals surface area (Å²) in [7, 11) is 0. The van der Waals surface area contributed by atoms with E-state index in [0.717, 1.165) is 24.2 Å². The fourth-order valence-corrected chi connectivity index (χ4v) is 8.35. The topological polar surface area (TPSA) is 48.8 Å². The van der Waals surface area contributed by atoms with Gasteiger partial charge in [-0.2, -0.15) is 0 Å². The molecule has 4 rings (SSSR count). The van der Waals surface area contributed by atoms with Crippen LogP contribution in [-0.2, 0) is 0 Å². The van der Waals surface area contributed by atoms with Crippen molar-refractivity contribution >= 4 is 0 Å². The molecule has 4 aliphatic rings. The average Bonchev–Trinajstić information content (AvgIpc) is 2.87. The summed E-state index contributed by atoms with van der Waals surface area (Å²) < 4.78 is 0. The molecular weight excluding hydrogens is 294 g/mol. The van der Waals surface area contributed by atoms with E-state index in [-0.39, 0.29) is 11.0 Å². The maximum Gasteiger partial charge on any atom is 0.0575 e. The SMILES string of the molecule is CC[C@H]1CC[C@@]2(N=[N+]=[N-])[C@@H]3CCC4CCCC[C@]4(C)[C@H]3CC[C@]12C. The summed E-state index contributed by atoms with van der Waals surface area (Å²) in [6.45, 7) is 7.42. The van der Waals surface area contributed by atoms with Gasteiger partial charge >= 0.3 is 0 Å². The minimum atomic E-state index is -0.0865. The number of azide groups is 1. The van der Waals surface area contributed by atoms with E-state index < -0.39 is 0 Å². The highest BCUT2D eigenvalue weighted by molar-refractivity contribution is 5.20. The standard InChI is InChI=1S/C21H35N3/c1-4-15-10-14-21(23-24-22)18-9-8-16-7-5-6-12-19(16,2)17(18)11-13-20(15,21)3/h15-18H,4-14H2,1-3H3/t15-,16?,17-,18+,19-,20+,21+/m0/s1. The van der Waals surface area contributed by atoms with Gasteiger partial charge in [0.15, 0.2) is 0 Å². The normalized spacial score (nSPS) is 53.5. The molecule has 0 spiro atoms. The van der Waals surface area contributed by atoms with Crippen LogP contribution in [0.25, 0.3) is 10.4 Å². The van der Waals surface area contributed by atoms with E-state index in [1.165, 1.54) is 64.2 Å². The third-order valence-electron chi connectivity index (χ3n) is 9.68. The third kappa shape index (κ3) is 1.94. The Bertz CT molecular complexity index is 553. The molecule has 0 aromatic rings. The molecule has 0 aliphatic heterocycles. The lowest BCUT2D eigenvalue weighted by molar-refractivity contribution is -0.121. The molecule has 0 heterocycles. The molecular formula is C21H35N3. The van der Waals surface area contributed by atoms with E-state index in [9.17, 15) is 5.53 Å². The van der Waals surface area contributed by atoms with E-state index in [4.69, 9.17) is 0 Å². The largest absolute Gasteiger partial charge is 0.0864 e. The third-order valence-corrected chi connectivity index (χ3v) is 9.68. The van der Waals surface area contributed by atoms with Crippen LogP contribution in [0.1, 0.15) is 91.4 Å². The first kappa shape index (κ1) is 16.8. The van der Waals surface area contributed by atoms with E-state index >= 15 is 0 Å². The predicted octanol–water partition coefficient (Wildman–Crippen LogP) is 6.88. The number of fused-ring (bicyclic) bond motifs is 5. The highest BCUT2D eigenvalue weighted by atomic mass is 15.2. The molecule has 134 valence electrons. The molecule has 0 radical (unpaired) electrons. The zero-order valence-corrected chi connectivity index (χ0v) is 15.9. The van der Waals surface area contributed by atoms with Crippen molar-refractivity contribution in [1.29, 1.82) is 0 Å². The molecule has 4 saturated carbocycles. The van der Waals surface area contributed by atoms with E-state index in [1.807, 2.05) is 0 Å². The van der Waals surface area contributed by atoms with Gasteiger partial charge in [0, 0.05) is 4.91 Å². The molecule has 3 heteroatoms. The first-order valence-corrected chi connectivity index (χ1v) is 10.6. The van der Waals surface area contributed by atoms with Crippen molar-refractivity contribution in [3.05, 3.63) is 10.4 Å². The molecule has 0 saturated heterocycles. The number of hydrogen-bond acceptors (Lipinski definition) is 1. The monoisotopic (exact) mass is 329 g/mol. The zero-order valence-electron chi connectivity index (χ0n) is 15.9. The highest BCUT2D eigenvalue weighted by Gasteiger charge is 2.66. The lowest BCUT2D eigenvalue weighted by Gasteiger charge is -2.63. The van der Waals surface area contributed by atoms with Gasteiger partial charge < -0.3 is 0 Å². The van der Waals surface area contributed by atoms with Gasteiger partial charge in [0.1, 0.15) is 0 Å². The zero-order chi connectivity index (χ0) is 17.0. The lowest BCUT2D eigenvalue weighted by atomic mass is 9.42. The second-order valence-corrected chi connectivity index (χ2v) is 9.95. The van der Waals surface area contributed by atoms with Crippen LogP contribution in [0.2, 0.25) is 0 Å². The molecule has 3 nitrogen and oxygen atoms in total. The lowest BCUT2D eigenvalue weighted by Crippen LogP contribution is -2.60. The van der Waals surface area contributed by atoms with Crippen molar-refractivity contribution in [3.63, 3.8) is 0 Å². The van der Waals surface area contributed by atoms with Gasteiger partial charge in [-0.1, -0.05) is 45.1 Å². The summed E-state index contributed by atoms with van der Waals surface area (Å²) in [6, 6.07) is 0. The molecule has 0 amide bonds. The van der Waals surface area contributed by atoms with Gasteiger partial charge in [-0.05, 0) is 91.4 Å². The Hall–Kier alpha value is -0.690. The van der Waals surface area contributed by atoms with Crippen LogP contribution in [0.15, 0.2) is 5.11 Å². The van der Waals surface area contributed by atoms with Crippen LogP contribution >= 0.6 is 0 Å². The first-order valence-electron chi connectivity index (χ1n) is 10.6. The molecule has 7 atom stereocenters. The van der Waals surface area contributed by atoms with Crippen LogP contribution in [0.5, 0.6) is 0 Å². The van der Waals surface area contributed by atoms with E-state index in [0.29, 0.717) is 11.3 Å². The van der Waals surface area contributed by atoms with Gasteiger partial charge in [0.05, 0.1) is 5.54 Å². The highest BCUT2D eigenvalue weighted by Crippen LogP contribution is 2.70. The summed E-state index contributed by atoms with van der Waals surface area (Å²) in [5, 5.41) is 4.68. The quantitative estimate of drug-likeness (QED) is 0.301. The first-order chi connectivity index (χ1) is 11.5. The summed E-state index contributed by atoms with van der Waals surface area (Å²) in [5.41, 5.74) is 10.2. The Morgan fingerprint density at radius 1 is 0.958 bits per heavy atom. The van der Waals surface area contributed by atoms with Crippen molar-refractivity contribution in [2.45, 2.75) is 96.9 Å². The van der Waals surface area contributed by atoms with Crippen LogP contribution in [0.3, 0.4) is 0 Å². The van der Waals surface area contributed by atoms with Crippen molar-refractivity contribution in [2.24, 2.45) is 39.6 Å². The van der Waals surface area contributed by atoms with Gasteiger partial charge in [0.2, 0.25) is 0 Å². The van der Waals surface area contributed by atoms with Crippen molar-refractivity contribution in [3.8, 4) is 0 Å². The Labute approximate surface area is 147 Å². The Morgan fingerprint density at radius 3 is 2.54 bits per heavy atom. The summed E-state index contributed by atoms with van der Waals surface area (Å²) in [5.74, 6) is 3.12.